The third-order valence-corrected chi connectivity index (χ3v) is 6.73. The number of nitrogens with one attached hydrogen (secondary N) is 1. The first-order valence-corrected chi connectivity index (χ1v) is 13.0. The third kappa shape index (κ3) is 7.70. The summed E-state index contributed by atoms with van der Waals surface area (Å²) in [6.45, 7) is 12.9. The molecule has 4 rings (SSSR count). The van der Waals surface area contributed by atoms with Crippen molar-refractivity contribution in [2.45, 2.75) is 97.9 Å². The molecule has 7 heteroatoms. The van der Waals surface area contributed by atoms with Crippen LogP contribution in [0.4, 0.5) is 13.2 Å². The van der Waals surface area contributed by atoms with Crippen molar-refractivity contribution in [3.63, 3.8) is 0 Å². The Labute approximate surface area is 203 Å². The molecule has 4 unspecified atom stereocenters. The predicted molar refractivity (Wildman–Crippen MR) is 131 cm³/mol. The number of halogens is 3. The maximum Gasteiger partial charge on any atom is 0.416 e. The minimum Gasteiger partial charge on any atom is -0.381 e. The van der Waals surface area contributed by atoms with E-state index in [4.69, 9.17) is 4.74 Å². The van der Waals surface area contributed by atoms with Crippen molar-refractivity contribution in [1.29, 1.82) is 0 Å². The van der Waals surface area contributed by atoms with E-state index in [2.05, 4.69) is 26.1 Å². The topological polar surface area (TPSA) is 41.6 Å². The lowest BCUT2D eigenvalue weighted by atomic mass is 9.95. The molecule has 2 heterocycles. The number of carbonyl (C=O) groups excluding carboxylic acids is 1. The second-order valence-electron chi connectivity index (χ2n) is 9.52. The minimum atomic E-state index is -4.35. The van der Waals surface area contributed by atoms with Gasteiger partial charge in [0.15, 0.2) is 0 Å². The molecule has 194 valence electrons. The number of alkyl halides is 3. The summed E-state index contributed by atoms with van der Waals surface area (Å²) in [6, 6.07) is 4.68. The fraction of sp³-hybridized carbons (Fsp3) is 0.741. The Morgan fingerprint density at radius 2 is 1.85 bits per heavy atom. The SMILES string of the molecule is CC.CC1COCCC1NC1CCC(C(=O)N2CCc3ccc(C(F)(F)F)cc3C2)C1.CCC. The van der Waals surface area contributed by atoms with E-state index in [1.807, 2.05) is 13.8 Å². The molecule has 1 amide bonds. The molecule has 4 atom stereocenters. The summed E-state index contributed by atoms with van der Waals surface area (Å²) in [6.07, 6.45) is 1.15. The van der Waals surface area contributed by atoms with Crippen molar-refractivity contribution in [3.05, 3.63) is 34.9 Å². The van der Waals surface area contributed by atoms with Crippen molar-refractivity contribution in [1.82, 2.24) is 10.2 Å². The van der Waals surface area contributed by atoms with Gasteiger partial charge in [-0.15, -0.1) is 0 Å². The summed E-state index contributed by atoms with van der Waals surface area (Å²) in [4.78, 5) is 14.8. The van der Waals surface area contributed by atoms with Gasteiger partial charge >= 0.3 is 6.18 Å². The van der Waals surface area contributed by atoms with Crippen LogP contribution in [0.2, 0.25) is 0 Å². The van der Waals surface area contributed by atoms with Gasteiger partial charge in [-0.2, -0.15) is 13.2 Å². The summed E-state index contributed by atoms with van der Waals surface area (Å²) in [7, 11) is 0. The van der Waals surface area contributed by atoms with Crippen molar-refractivity contribution >= 4 is 5.91 Å². The second-order valence-corrected chi connectivity index (χ2v) is 9.52. The van der Waals surface area contributed by atoms with Crippen LogP contribution in [-0.2, 0) is 28.7 Å². The molecule has 1 aromatic rings. The number of amides is 1. The van der Waals surface area contributed by atoms with E-state index in [9.17, 15) is 18.0 Å². The maximum absolute atomic E-state index is 13.1. The monoisotopic (exact) mass is 484 g/mol. The van der Waals surface area contributed by atoms with Gasteiger partial charge in [-0.3, -0.25) is 4.79 Å². The quantitative estimate of drug-likeness (QED) is 0.554. The first-order valence-electron chi connectivity index (χ1n) is 13.0. The normalized spacial score (nSPS) is 26.5. The molecule has 34 heavy (non-hydrogen) atoms. The Hall–Kier alpha value is -1.60. The van der Waals surface area contributed by atoms with Gasteiger partial charge in [-0.25, -0.2) is 0 Å². The van der Waals surface area contributed by atoms with Gasteiger partial charge < -0.3 is 15.0 Å². The van der Waals surface area contributed by atoms with Crippen LogP contribution in [0.5, 0.6) is 0 Å². The largest absolute Gasteiger partial charge is 0.416 e. The molecule has 0 spiro atoms. The van der Waals surface area contributed by atoms with E-state index in [1.54, 1.807) is 11.0 Å². The van der Waals surface area contributed by atoms with E-state index < -0.39 is 11.7 Å². The Morgan fingerprint density at radius 3 is 2.50 bits per heavy atom. The van der Waals surface area contributed by atoms with Crippen LogP contribution in [0.1, 0.15) is 83.4 Å². The number of carbonyl (C=O) groups is 1. The summed E-state index contributed by atoms with van der Waals surface area (Å²) >= 11 is 0. The molecular weight excluding hydrogens is 441 g/mol. The van der Waals surface area contributed by atoms with Crippen molar-refractivity contribution in [3.8, 4) is 0 Å². The number of rotatable bonds is 3. The summed E-state index contributed by atoms with van der Waals surface area (Å²) < 4.78 is 44.6. The Balaban J connectivity index is 0.000000758. The Kier molecular flexibility index (Phi) is 11.4. The average Bonchev–Trinajstić information content (AvgIpc) is 3.29. The summed E-state index contributed by atoms with van der Waals surface area (Å²) in [5.74, 6) is 0.535. The van der Waals surface area contributed by atoms with Gasteiger partial charge in [-0.05, 0) is 61.3 Å². The van der Waals surface area contributed by atoms with E-state index in [1.165, 1.54) is 12.5 Å². The molecule has 2 fully saturated rings. The zero-order valence-corrected chi connectivity index (χ0v) is 21.5. The van der Waals surface area contributed by atoms with E-state index in [0.29, 0.717) is 36.5 Å². The van der Waals surface area contributed by atoms with Crippen LogP contribution < -0.4 is 5.32 Å². The summed E-state index contributed by atoms with van der Waals surface area (Å²) in [5.41, 5.74) is 0.908. The average molecular weight is 485 g/mol. The van der Waals surface area contributed by atoms with Crippen molar-refractivity contribution in [2.24, 2.45) is 11.8 Å². The van der Waals surface area contributed by atoms with Gasteiger partial charge in [0.2, 0.25) is 5.91 Å². The maximum atomic E-state index is 13.1. The Morgan fingerprint density at radius 1 is 1.15 bits per heavy atom. The highest BCUT2D eigenvalue weighted by Gasteiger charge is 2.36. The molecule has 1 N–H and O–H groups in total. The van der Waals surface area contributed by atoms with Gasteiger partial charge in [-0.1, -0.05) is 47.1 Å². The highest BCUT2D eigenvalue weighted by Crippen LogP contribution is 2.34. The van der Waals surface area contributed by atoms with Crippen LogP contribution in [-0.4, -0.2) is 42.6 Å². The molecule has 2 aliphatic heterocycles. The number of benzene rings is 1. The zero-order chi connectivity index (χ0) is 25.3. The molecule has 3 aliphatic rings. The Bertz CT molecular complexity index is 769. The van der Waals surface area contributed by atoms with Gasteiger partial charge in [0, 0.05) is 37.7 Å². The van der Waals surface area contributed by atoms with E-state index >= 15 is 0 Å². The molecule has 1 saturated carbocycles. The lowest BCUT2D eigenvalue weighted by Crippen LogP contribution is -2.46. The van der Waals surface area contributed by atoms with Crippen LogP contribution >= 0.6 is 0 Å². The van der Waals surface area contributed by atoms with Gasteiger partial charge in [0.25, 0.3) is 0 Å². The molecule has 0 bridgehead atoms. The number of hydrogen-bond donors (Lipinski definition) is 1. The molecule has 1 aliphatic carbocycles. The second kappa shape index (κ2) is 13.5. The van der Waals surface area contributed by atoms with E-state index in [-0.39, 0.29) is 18.4 Å². The van der Waals surface area contributed by atoms with Gasteiger partial charge in [0.1, 0.15) is 0 Å². The number of fused-ring (bicyclic) bond motifs is 1. The molecule has 4 nitrogen and oxygen atoms in total. The highest BCUT2D eigenvalue weighted by atomic mass is 19.4. The lowest BCUT2D eigenvalue weighted by Gasteiger charge is -2.33. The van der Waals surface area contributed by atoms with E-state index in [0.717, 1.165) is 50.5 Å². The number of hydrogen-bond acceptors (Lipinski definition) is 3. The highest BCUT2D eigenvalue weighted by molar-refractivity contribution is 5.79. The number of ether oxygens (including phenoxy) is 1. The number of nitrogens with zero attached hydrogens (tertiary/aromatic N) is 1. The zero-order valence-electron chi connectivity index (χ0n) is 21.5. The van der Waals surface area contributed by atoms with Gasteiger partial charge in [0.05, 0.1) is 12.2 Å². The standard InChI is InChI=1S/C22H29F3N2O2.C3H8.C2H6/c1-14-13-29-9-7-20(14)26-19-5-3-16(11-19)21(28)27-8-6-15-2-4-18(22(23,24)25)10-17(15)12-27;1-3-2;1-2/h2,4,10,14,16,19-20,26H,3,5-9,11-13H2,1H3;3H2,1-2H3;1-2H3. The third-order valence-electron chi connectivity index (χ3n) is 6.73. The molecule has 1 saturated heterocycles. The molecule has 1 aromatic carbocycles. The molecular formula is C27H43F3N2O2. The van der Waals surface area contributed by atoms with Crippen LogP contribution in [0.25, 0.3) is 0 Å². The van der Waals surface area contributed by atoms with Crippen molar-refractivity contribution < 1.29 is 22.7 Å². The first kappa shape index (κ1) is 28.6. The fourth-order valence-corrected chi connectivity index (χ4v) is 4.97. The molecule has 0 radical (unpaired) electrons. The van der Waals surface area contributed by atoms with Crippen LogP contribution in [0, 0.1) is 11.8 Å². The smallest absolute Gasteiger partial charge is 0.381 e. The summed E-state index contributed by atoms with van der Waals surface area (Å²) in [5, 5.41) is 3.72. The van der Waals surface area contributed by atoms with Crippen LogP contribution in [0.15, 0.2) is 18.2 Å². The lowest BCUT2D eigenvalue weighted by molar-refractivity contribution is -0.137. The minimum absolute atomic E-state index is 0.0324. The molecule has 0 aromatic heterocycles. The predicted octanol–water partition coefficient (Wildman–Crippen LogP) is 6.22. The van der Waals surface area contributed by atoms with Crippen molar-refractivity contribution in [2.75, 3.05) is 19.8 Å². The fourth-order valence-electron chi connectivity index (χ4n) is 4.97. The first-order chi connectivity index (χ1) is 16.2. The van der Waals surface area contributed by atoms with Crippen LogP contribution in [0.3, 0.4) is 0 Å².